The van der Waals surface area contributed by atoms with Crippen molar-refractivity contribution in [2.45, 2.75) is 12.7 Å². The van der Waals surface area contributed by atoms with Gasteiger partial charge in [-0.05, 0) is 18.2 Å². The number of carboxylic acid groups (broad SMARTS) is 1. The van der Waals surface area contributed by atoms with E-state index in [4.69, 9.17) is 5.11 Å². The summed E-state index contributed by atoms with van der Waals surface area (Å²) >= 11 is 0.557. The lowest BCUT2D eigenvalue weighted by molar-refractivity contribution is -0.137. The number of alkyl halides is 3. The van der Waals surface area contributed by atoms with Gasteiger partial charge >= 0.3 is 17.8 Å². The molecule has 3 heterocycles. The van der Waals surface area contributed by atoms with Gasteiger partial charge in [-0.2, -0.15) is 13.2 Å². The van der Waals surface area contributed by atoms with Crippen molar-refractivity contribution in [1.82, 2.24) is 14.1 Å². The molecule has 0 saturated heterocycles. The predicted octanol–water partition coefficient (Wildman–Crippen LogP) is 2.57. The van der Waals surface area contributed by atoms with Crippen molar-refractivity contribution < 1.29 is 23.1 Å². The van der Waals surface area contributed by atoms with E-state index in [9.17, 15) is 22.8 Å². The van der Waals surface area contributed by atoms with E-state index in [0.717, 1.165) is 10.6 Å². The molecule has 10 heteroatoms. The minimum atomic E-state index is -4.43. The van der Waals surface area contributed by atoms with Crippen molar-refractivity contribution >= 4 is 28.5 Å². The molecular weight excluding hydrogens is 347 g/mol. The molecule has 0 aliphatic carbocycles. The van der Waals surface area contributed by atoms with Crippen molar-refractivity contribution in [3.05, 3.63) is 39.8 Å². The summed E-state index contributed by atoms with van der Waals surface area (Å²) in [6.45, 7) is -0.556. The van der Waals surface area contributed by atoms with Crippen LogP contribution in [0, 0.1) is 0 Å². The average Bonchev–Trinajstić information content (AvgIpc) is 3.07. The summed E-state index contributed by atoms with van der Waals surface area (Å²) in [5, 5.41) is 8.93. The summed E-state index contributed by atoms with van der Waals surface area (Å²) in [4.78, 5) is 26.7. The third kappa shape index (κ3) is 2.68. The first-order valence-corrected chi connectivity index (χ1v) is 7.44. The Morgan fingerprint density at radius 2 is 2.08 bits per heavy atom. The average molecular weight is 357 g/mol. The van der Waals surface area contributed by atoms with E-state index in [1.165, 1.54) is 29.9 Å². The van der Waals surface area contributed by atoms with Crippen LogP contribution in [-0.4, -0.2) is 25.2 Å². The van der Waals surface area contributed by atoms with E-state index in [0.29, 0.717) is 21.8 Å². The fourth-order valence-electron chi connectivity index (χ4n) is 2.35. The number of imidazole rings is 1. The molecule has 0 spiro atoms. The van der Waals surface area contributed by atoms with Gasteiger partial charge in [-0.15, -0.1) is 11.3 Å². The summed E-state index contributed by atoms with van der Waals surface area (Å²) < 4.78 is 40.4. The Hall–Kier alpha value is -2.62. The number of carboxylic acids is 1. The molecule has 0 bridgehead atoms. The zero-order valence-electron chi connectivity index (χ0n) is 12.2. The Balaban J connectivity index is 2.16. The van der Waals surface area contributed by atoms with Gasteiger partial charge in [-0.25, -0.2) is 9.78 Å². The van der Waals surface area contributed by atoms with Crippen LogP contribution in [0.5, 0.6) is 0 Å². The molecular formula is C14H10F3N3O3S. The Bertz CT molecular complexity index is 1000. The topological polar surface area (TPSA) is 77.1 Å². The summed E-state index contributed by atoms with van der Waals surface area (Å²) in [6, 6.07) is 3.76. The molecule has 3 aromatic rings. The molecule has 24 heavy (non-hydrogen) atoms. The van der Waals surface area contributed by atoms with Crippen LogP contribution in [0.1, 0.15) is 4.88 Å². The van der Waals surface area contributed by atoms with E-state index >= 15 is 0 Å². The predicted molar refractivity (Wildman–Crippen MR) is 80.9 cm³/mol. The van der Waals surface area contributed by atoms with E-state index < -0.39 is 29.3 Å². The van der Waals surface area contributed by atoms with Gasteiger partial charge in [0, 0.05) is 23.7 Å². The van der Waals surface area contributed by atoms with Crippen LogP contribution in [-0.2, 0) is 24.6 Å². The number of aromatic nitrogens is 3. The summed E-state index contributed by atoms with van der Waals surface area (Å²) in [7, 11) is 1.45. The molecule has 1 N–H and O–H groups in total. The first-order chi connectivity index (χ1) is 11.2. The van der Waals surface area contributed by atoms with Crippen LogP contribution >= 0.6 is 11.3 Å². The molecule has 0 aliphatic heterocycles. The molecule has 3 aromatic heterocycles. The number of aryl methyl sites for hydroxylation is 1. The van der Waals surface area contributed by atoms with Crippen LogP contribution in [0.4, 0.5) is 13.2 Å². The lowest BCUT2D eigenvalue weighted by atomic mass is 10.2. The van der Waals surface area contributed by atoms with Crippen LogP contribution in [0.15, 0.2) is 29.2 Å². The molecule has 0 amide bonds. The summed E-state index contributed by atoms with van der Waals surface area (Å²) in [5.74, 6) is -1.20. The monoisotopic (exact) mass is 357 g/mol. The number of pyridine rings is 1. The van der Waals surface area contributed by atoms with Gasteiger partial charge in [0.25, 0.3) is 0 Å². The molecule has 126 valence electrons. The maximum absolute atomic E-state index is 12.7. The van der Waals surface area contributed by atoms with Crippen LogP contribution in [0.25, 0.3) is 21.6 Å². The molecule has 0 aromatic carbocycles. The number of hydrogen-bond donors (Lipinski definition) is 1. The number of rotatable bonds is 3. The first-order valence-electron chi connectivity index (χ1n) is 6.63. The van der Waals surface area contributed by atoms with E-state index in [2.05, 4.69) is 4.98 Å². The lowest BCUT2D eigenvalue weighted by Gasteiger charge is -2.02. The number of nitrogens with zero attached hydrogens (tertiary/aromatic N) is 3. The second kappa shape index (κ2) is 5.48. The second-order valence-electron chi connectivity index (χ2n) is 5.05. The molecule has 0 unspecified atom stereocenters. The van der Waals surface area contributed by atoms with E-state index in [1.807, 2.05) is 0 Å². The molecule has 0 atom stereocenters. The molecule has 0 saturated carbocycles. The number of halogens is 3. The zero-order chi connectivity index (χ0) is 17.6. The van der Waals surface area contributed by atoms with Crippen molar-refractivity contribution in [2.24, 2.45) is 7.05 Å². The van der Waals surface area contributed by atoms with Crippen LogP contribution in [0.2, 0.25) is 0 Å². The Morgan fingerprint density at radius 1 is 1.38 bits per heavy atom. The van der Waals surface area contributed by atoms with E-state index in [1.54, 1.807) is 0 Å². The van der Waals surface area contributed by atoms with Crippen molar-refractivity contribution in [2.75, 3.05) is 0 Å². The largest absolute Gasteiger partial charge is 0.480 e. The third-order valence-corrected chi connectivity index (χ3v) is 4.62. The first kappa shape index (κ1) is 16.2. The minimum absolute atomic E-state index is 0.254. The van der Waals surface area contributed by atoms with Crippen molar-refractivity contribution in [3.63, 3.8) is 0 Å². The van der Waals surface area contributed by atoms with Gasteiger partial charge in [-0.3, -0.25) is 13.9 Å². The number of thiophene rings is 1. The van der Waals surface area contributed by atoms with E-state index in [-0.39, 0.29) is 11.2 Å². The minimum Gasteiger partial charge on any atom is -0.480 e. The number of hydrogen-bond acceptors (Lipinski definition) is 4. The highest BCUT2D eigenvalue weighted by atomic mass is 32.1. The molecule has 3 rings (SSSR count). The number of fused-ring (bicyclic) bond motifs is 1. The van der Waals surface area contributed by atoms with Gasteiger partial charge in [0.2, 0.25) is 0 Å². The van der Waals surface area contributed by atoms with Gasteiger partial charge in [-0.1, -0.05) is 0 Å². The molecule has 0 aliphatic rings. The van der Waals surface area contributed by atoms with Crippen molar-refractivity contribution in [1.29, 1.82) is 0 Å². The molecule has 6 nitrogen and oxygen atoms in total. The number of aliphatic carboxylic acids is 1. The number of carbonyl (C=O) groups is 1. The van der Waals surface area contributed by atoms with Gasteiger partial charge in [0.15, 0.2) is 5.65 Å². The standard InChI is InChI=1S/C14H10F3N3O3S/c1-19-12-8(20(13(19)23)6-11(21)22)4-7(5-18-12)9-2-3-10(24-9)14(15,16)17/h2-5H,6H2,1H3,(H,21,22). The summed E-state index contributed by atoms with van der Waals surface area (Å²) in [5.41, 5.74) is 0.342. The Morgan fingerprint density at radius 3 is 2.67 bits per heavy atom. The van der Waals surface area contributed by atoms with Gasteiger partial charge in [0.05, 0.1) is 5.52 Å². The Labute approximate surface area is 136 Å². The van der Waals surface area contributed by atoms with Crippen LogP contribution in [0.3, 0.4) is 0 Å². The highest BCUT2D eigenvalue weighted by Crippen LogP contribution is 2.38. The highest BCUT2D eigenvalue weighted by Gasteiger charge is 2.32. The SMILES string of the molecule is Cn1c(=O)n(CC(=O)O)c2cc(-c3ccc(C(F)(F)F)s3)cnc21. The normalized spacial score (nSPS) is 12.0. The quantitative estimate of drug-likeness (QED) is 0.782. The highest BCUT2D eigenvalue weighted by molar-refractivity contribution is 7.15. The van der Waals surface area contributed by atoms with Crippen LogP contribution < -0.4 is 5.69 Å². The van der Waals surface area contributed by atoms with Gasteiger partial charge in [0.1, 0.15) is 11.4 Å². The third-order valence-electron chi connectivity index (χ3n) is 3.44. The van der Waals surface area contributed by atoms with Gasteiger partial charge < -0.3 is 5.11 Å². The maximum atomic E-state index is 12.7. The summed E-state index contributed by atoms with van der Waals surface area (Å²) in [6.07, 6.45) is -3.07. The molecule has 0 fully saturated rings. The molecule has 0 radical (unpaired) electrons. The van der Waals surface area contributed by atoms with Crippen molar-refractivity contribution in [3.8, 4) is 10.4 Å². The zero-order valence-corrected chi connectivity index (χ0v) is 13.0. The maximum Gasteiger partial charge on any atom is 0.425 e. The smallest absolute Gasteiger partial charge is 0.425 e. The fourth-order valence-corrected chi connectivity index (χ4v) is 3.20. The Kier molecular flexibility index (Phi) is 3.71. The second-order valence-corrected chi connectivity index (χ2v) is 6.13. The fraction of sp³-hybridized carbons (Fsp3) is 0.214. The lowest BCUT2D eigenvalue weighted by Crippen LogP contribution is -2.25.